The summed E-state index contributed by atoms with van der Waals surface area (Å²) in [5, 5.41) is 9.21. The predicted molar refractivity (Wildman–Crippen MR) is 65.1 cm³/mol. The summed E-state index contributed by atoms with van der Waals surface area (Å²) in [4.78, 5) is 2.13. The van der Waals surface area contributed by atoms with Crippen LogP contribution < -0.4 is 0 Å². The first-order chi connectivity index (χ1) is 8.20. The molecule has 0 saturated carbocycles. The van der Waals surface area contributed by atoms with Crippen molar-refractivity contribution in [3.63, 3.8) is 0 Å². The minimum Gasteiger partial charge on any atom is -0.284 e. The summed E-state index contributed by atoms with van der Waals surface area (Å²) >= 11 is 5.74. The molecule has 1 aliphatic rings. The molecule has 1 unspecified atom stereocenters. The van der Waals surface area contributed by atoms with Gasteiger partial charge >= 0.3 is 0 Å². The number of nitrogens with zero attached hydrogens (tertiary/aromatic N) is 2. The van der Waals surface area contributed by atoms with E-state index in [1.165, 1.54) is 6.07 Å². The summed E-state index contributed by atoms with van der Waals surface area (Å²) in [5.41, 5.74) is 0.957. The summed E-state index contributed by atoms with van der Waals surface area (Å²) in [6.45, 7) is 1.59. The summed E-state index contributed by atoms with van der Waals surface area (Å²) in [5.74, 6) is -0.397. The molecule has 90 valence electrons. The molecule has 1 aromatic carbocycles. The van der Waals surface area contributed by atoms with Crippen LogP contribution >= 0.6 is 11.6 Å². The van der Waals surface area contributed by atoms with Gasteiger partial charge < -0.3 is 0 Å². The molecule has 1 atom stereocenters. The van der Waals surface area contributed by atoms with E-state index in [9.17, 15) is 4.39 Å². The molecular formula is C13H14ClFN2. The Hall–Kier alpha value is -1.11. The van der Waals surface area contributed by atoms with Gasteiger partial charge in [-0.05, 0) is 43.5 Å². The number of rotatable bonds is 2. The molecule has 0 aliphatic carbocycles. The van der Waals surface area contributed by atoms with Crippen molar-refractivity contribution in [1.29, 1.82) is 5.26 Å². The van der Waals surface area contributed by atoms with E-state index in [-0.39, 0.29) is 11.1 Å². The van der Waals surface area contributed by atoms with Gasteiger partial charge in [-0.15, -0.1) is 0 Å². The van der Waals surface area contributed by atoms with Crippen LogP contribution in [0.4, 0.5) is 4.39 Å². The van der Waals surface area contributed by atoms with Gasteiger partial charge in [0.05, 0.1) is 17.1 Å². The SMILES string of the molecule is N#CC1CCCCN1Cc1ccc(F)c(Cl)c1. The molecule has 4 heteroatoms. The van der Waals surface area contributed by atoms with Crippen molar-refractivity contribution in [2.75, 3.05) is 6.54 Å². The third-order valence-corrected chi connectivity index (χ3v) is 3.42. The molecule has 2 rings (SSSR count). The maximum Gasteiger partial charge on any atom is 0.141 e. The number of likely N-dealkylation sites (tertiary alicyclic amines) is 1. The molecule has 0 radical (unpaired) electrons. The summed E-state index contributed by atoms with van der Waals surface area (Å²) < 4.78 is 13.0. The highest BCUT2D eigenvalue weighted by molar-refractivity contribution is 6.30. The van der Waals surface area contributed by atoms with Crippen LogP contribution in [0.5, 0.6) is 0 Å². The normalized spacial score (nSPS) is 21.1. The molecule has 0 aromatic heterocycles. The van der Waals surface area contributed by atoms with Crippen LogP contribution in [-0.4, -0.2) is 17.5 Å². The molecule has 0 bridgehead atoms. The number of hydrogen-bond acceptors (Lipinski definition) is 2. The van der Waals surface area contributed by atoms with Crippen LogP contribution in [0.3, 0.4) is 0 Å². The van der Waals surface area contributed by atoms with E-state index >= 15 is 0 Å². The number of hydrogen-bond donors (Lipinski definition) is 0. The van der Waals surface area contributed by atoms with Crippen molar-refractivity contribution >= 4 is 11.6 Å². The lowest BCUT2D eigenvalue weighted by atomic mass is 10.0. The van der Waals surface area contributed by atoms with E-state index in [1.807, 2.05) is 0 Å². The lowest BCUT2D eigenvalue weighted by Gasteiger charge is -2.31. The number of piperidine rings is 1. The van der Waals surface area contributed by atoms with Crippen molar-refractivity contribution < 1.29 is 4.39 Å². The average molecular weight is 253 g/mol. The van der Waals surface area contributed by atoms with E-state index in [0.29, 0.717) is 6.54 Å². The molecule has 1 fully saturated rings. The third-order valence-electron chi connectivity index (χ3n) is 3.13. The number of halogens is 2. The topological polar surface area (TPSA) is 27.0 Å². The van der Waals surface area contributed by atoms with Crippen molar-refractivity contribution in [2.45, 2.75) is 31.8 Å². The second-order valence-corrected chi connectivity index (χ2v) is 4.77. The monoisotopic (exact) mass is 252 g/mol. The first-order valence-corrected chi connectivity index (χ1v) is 6.16. The minimum absolute atomic E-state index is 0.0208. The Labute approximate surface area is 106 Å². The quantitative estimate of drug-likeness (QED) is 0.807. The second kappa shape index (κ2) is 5.48. The fraction of sp³-hybridized carbons (Fsp3) is 0.462. The van der Waals surface area contributed by atoms with Crippen LogP contribution in [0.25, 0.3) is 0 Å². The highest BCUT2D eigenvalue weighted by Crippen LogP contribution is 2.21. The zero-order valence-corrected chi connectivity index (χ0v) is 10.3. The van der Waals surface area contributed by atoms with Gasteiger partial charge in [-0.2, -0.15) is 5.26 Å². The number of benzene rings is 1. The standard InChI is InChI=1S/C13H14ClFN2/c14-12-7-10(4-5-13(12)15)9-17-6-2-1-3-11(17)8-16/h4-5,7,11H,1-3,6,9H2. The van der Waals surface area contributed by atoms with Crippen molar-refractivity contribution in [3.05, 3.63) is 34.6 Å². The third kappa shape index (κ3) is 2.96. The molecule has 0 amide bonds. The van der Waals surface area contributed by atoms with E-state index in [1.54, 1.807) is 12.1 Å². The highest BCUT2D eigenvalue weighted by atomic mass is 35.5. The van der Waals surface area contributed by atoms with Crippen molar-refractivity contribution in [2.24, 2.45) is 0 Å². The van der Waals surface area contributed by atoms with E-state index in [2.05, 4.69) is 11.0 Å². The molecular weight excluding hydrogens is 239 g/mol. The first-order valence-electron chi connectivity index (χ1n) is 5.78. The van der Waals surface area contributed by atoms with E-state index in [0.717, 1.165) is 31.4 Å². The number of nitriles is 1. The molecule has 1 saturated heterocycles. The van der Waals surface area contributed by atoms with Crippen LogP contribution in [0.15, 0.2) is 18.2 Å². The largest absolute Gasteiger partial charge is 0.284 e. The smallest absolute Gasteiger partial charge is 0.141 e. The van der Waals surface area contributed by atoms with Gasteiger partial charge in [0.1, 0.15) is 5.82 Å². The lowest BCUT2D eigenvalue weighted by molar-refractivity contribution is 0.176. The van der Waals surface area contributed by atoms with Crippen LogP contribution in [0, 0.1) is 17.1 Å². The second-order valence-electron chi connectivity index (χ2n) is 4.36. The van der Waals surface area contributed by atoms with Gasteiger partial charge in [-0.3, -0.25) is 4.90 Å². The Morgan fingerprint density at radius 3 is 3.00 bits per heavy atom. The zero-order chi connectivity index (χ0) is 12.3. The molecule has 2 nitrogen and oxygen atoms in total. The van der Waals surface area contributed by atoms with Crippen molar-refractivity contribution in [1.82, 2.24) is 4.90 Å². The Morgan fingerprint density at radius 1 is 1.47 bits per heavy atom. The summed E-state index contributed by atoms with van der Waals surface area (Å²) in [6, 6.07) is 7.04. The van der Waals surface area contributed by atoms with E-state index in [4.69, 9.17) is 16.9 Å². The van der Waals surface area contributed by atoms with Gasteiger partial charge in [-0.25, -0.2) is 4.39 Å². The maximum absolute atomic E-state index is 13.0. The van der Waals surface area contributed by atoms with Gasteiger partial charge in [0.25, 0.3) is 0 Å². The molecule has 1 aliphatic heterocycles. The molecule has 1 heterocycles. The summed E-state index contributed by atoms with van der Waals surface area (Å²) in [6.07, 6.45) is 3.15. The Balaban J connectivity index is 2.09. The van der Waals surface area contributed by atoms with Gasteiger partial charge in [0.2, 0.25) is 0 Å². The van der Waals surface area contributed by atoms with Gasteiger partial charge in [-0.1, -0.05) is 17.7 Å². The Morgan fingerprint density at radius 2 is 2.29 bits per heavy atom. The molecule has 17 heavy (non-hydrogen) atoms. The fourth-order valence-electron chi connectivity index (χ4n) is 2.20. The highest BCUT2D eigenvalue weighted by Gasteiger charge is 2.21. The molecule has 0 N–H and O–H groups in total. The van der Waals surface area contributed by atoms with E-state index < -0.39 is 5.82 Å². The fourth-order valence-corrected chi connectivity index (χ4v) is 2.40. The lowest BCUT2D eigenvalue weighted by Crippen LogP contribution is -2.37. The first kappa shape index (κ1) is 12.3. The van der Waals surface area contributed by atoms with Crippen LogP contribution in [0.2, 0.25) is 5.02 Å². The predicted octanol–water partition coefficient (Wildman–Crippen LogP) is 3.36. The van der Waals surface area contributed by atoms with Gasteiger partial charge in [0.15, 0.2) is 0 Å². The Bertz CT molecular complexity index is 442. The molecule has 0 spiro atoms. The minimum atomic E-state index is -0.397. The van der Waals surface area contributed by atoms with Crippen LogP contribution in [0.1, 0.15) is 24.8 Å². The maximum atomic E-state index is 13.0. The van der Waals surface area contributed by atoms with Crippen LogP contribution in [-0.2, 0) is 6.54 Å². The molecule has 1 aromatic rings. The van der Waals surface area contributed by atoms with Crippen molar-refractivity contribution in [3.8, 4) is 6.07 Å². The Kier molecular flexibility index (Phi) is 3.98. The zero-order valence-electron chi connectivity index (χ0n) is 9.50. The average Bonchev–Trinajstić information content (AvgIpc) is 2.34. The summed E-state index contributed by atoms with van der Waals surface area (Å²) in [7, 11) is 0. The van der Waals surface area contributed by atoms with Gasteiger partial charge in [0, 0.05) is 6.54 Å².